The van der Waals surface area contributed by atoms with E-state index in [1.807, 2.05) is 0 Å². The SMILES string of the molecule is CCOC(=O)c1c(C(F)F)nn(-c2ccccc2)c1C(F)(F)Cl. The Hall–Kier alpha value is -2.09. The Kier molecular flexibility index (Phi) is 4.93. The van der Waals surface area contributed by atoms with Crippen LogP contribution in [0.25, 0.3) is 5.69 Å². The van der Waals surface area contributed by atoms with Crippen LogP contribution in [0.15, 0.2) is 30.3 Å². The van der Waals surface area contributed by atoms with Crippen LogP contribution in [-0.2, 0) is 10.1 Å². The highest BCUT2D eigenvalue weighted by Gasteiger charge is 2.43. The maximum Gasteiger partial charge on any atom is 0.365 e. The van der Waals surface area contributed by atoms with E-state index in [1.165, 1.54) is 31.2 Å². The van der Waals surface area contributed by atoms with Crippen LogP contribution in [0.1, 0.15) is 35.1 Å². The molecular formula is C14H11ClF4N2O2. The lowest BCUT2D eigenvalue weighted by Gasteiger charge is -2.13. The van der Waals surface area contributed by atoms with Crippen LogP contribution in [-0.4, -0.2) is 22.4 Å². The standard InChI is InChI=1S/C14H11ClF4N2O2/c1-2-23-13(22)9-10(12(16)17)20-21(11(9)14(15,18)19)8-6-4-3-5-7-8/h3-7,12H,2H2,1H3. The van der Waals surface area contributed by atoms with E-state index in [0.717, 1.165) is 0 Å². The molecule has 0 aliphatic rings. The van der Waals surface area contributed by atoms with Gasteiger partial charge < -0.3 is 4.74 Å². The fraction of sp³-hybridized carbons (Fsp3) is 0.286. The number of benzene rings is 1. The van der Waals surface area contributed by atoms with Crippen molar-refractivity contribution in [2.75, 3.05) is 6.61 Å². The third-order valence-corrected chi connectivity index (χ3v) is 3.05. The minimum Gasteiger partial charge on any atom is -0.462 e. The summed E-state index contributed by atoms with van der Waals surface area (Å²) in [5.74, 6) is -1.33. The molecule has 0 N–H and O–H groups in total. The normalized spacial score (nSPS) is 11.8. The predicted molar refractivity (Wildman–Crippen MR) is 74.2 cm³/mol. The van der Waals surface area contributed by atoms with Gasteiger partial charge in [0.2, 0.25) is 0 Å². The summed E-state index contributed by atoms with van der Waals surface area (Å²) in [6.07, 6.45) is -3.25. The molecule has 0 unspecified atom stereocenters. The summed E-state index contributed by atoms with van der Waals surface area (Å²) < 4.78 is 59.0. The molecule has 2 rings (SSSR count). The monoisotopic (exact) mass is 350 g/mol. The lowest BCUT2D eigenvalue weighted by atomic mass is 10.1. The first kappa shape index (κ1) is 17.3. The number of alkyl halides is 5. The van der Waals surface area contributed by atoms with Crippen molar-refractivity contribution in [3.63, 3.8) is 0 Å². The first-order valence-electron chi connectivity index (χ1n) is 6.48. The highest BCUT2D eigenvalue weighted by molar-refractivity contribution is 6.22. The van der Waals surface area contributed by atoms with Crippen molar-refractivity contribution in [2.24, 2.45) is 0 Å². The minimum absolute atomic E-state index is 0.0558. The molecule has 9 heteroatoms. The molecule has 0 spiro atoms. The molecule has 1 aromatic heterocycles. The summed E-state index contributed by atoms with van der Waals surface area (Å²) in [6.45, 7) is 1.24. The number of nitrogens with zero attached hydrogens (tertiary/aromatic N) is 2. The Morgan fingerprint density at radius 1 is 1.35 bits per heavy atom. The van der Waals surface area contributed by atoms with Gasteiger partial charge in [-0.1, -0.05) is 18.2 Å². The first-order chi connectivity index (χ1) is 10.8. The summed E-state index contributed by atoms with van der Waals surface area (Å²) in [5.41, 5.74) is -3.23. The number of carbonyl (C=O) groups is 1. The van der Waals surface area contributed by atoms with E-state index in [-0.39, 0.29) is 12.3 Å². The molecule has 0 atom stereocenters. The number of ether oxygens (including phenoxy) is 1. The van der Waals surface area contributed by atoms with Gasteiger partial charge in [-0.15, -0.1) is 0 Å². The van der Waals surface area contributed by atoms with Crippen molar-refractivity contribution in [1.29, 1.82) is 0 Å². The largest absolute Gasteiger partial charge is 0.462 e. The van der Waals surface area contributed by atoms with Crippen molar-refractivity contribution in [3.05, 3.63) is 47.3 Å². The highest BCUT2D eigenvalue weighted by Crippen LogP contribution is 2.39. The van der Waals surface area contributed by atoms with Crippen LogP contribution >= 0.6 is 11.6 Å². The average molecular weight is 351 g/mol. The quantitative estimate of drug-likeness (QED) is 0.459. The Labute approximate surface area is 133 Å². The molecule has 1 aromatic carbocycles. The smallest absolute Gasteiger partial charge is 0.365 e. The van der Waals surface area contributed by atoms with Gasteiger partial charge in [-0.3, -0.25) is 0 Å². The van der Waals surface area contributed by atoms with E-state index in [9.17, 15) is 22.4 Å². The number of aromatic nitrogens is 2. The molecule has 0 fully saturated rings. The Morgan fingerprint density at radius 3 is 2.43 bits per heavy atom. The van der Waals surface area contributed by atoms with Gasteiger partial charge in [-0.25, -0.2) is 18.3 Å². The van der Waals surface area contributed by atoms with Crippen molar-refractivity contribution in [2.45, 2.75) is 18.7 Å². The first-order valence-corrected chi connectivity index (χ1v) is 6.86. The third kappa shape index (κ3) is 3.47. The number of hydrogen-bond donors (Lipinski definition) is 0. The Morgan fingerprint density at radius 2 is 1.96 bits per heavy atom. The van der Waals surface area contributed by atoms with E-state index in [2.05, 4.69) is 9.84 Å². The van der Waals surface area contributed by atoms with Gasteiger partial charge in [0.15, 0.2) is 0 Å². The van der Waals surface area contributed by atoms with E-state index >= 15 is 0 Å². The van der Waals surface area contributed by atoms with Crippen molar-refractivity contribution in [1.82, 2.24) is 9.78 Å². The molecule has 0 bridgehead atoms. The van der Waals surface area contributed by atoms with Crippen molar-refractivity contribution >= 4 is 17.6 Å². The maximum absolute atomic E-state index is 13.8. The second-order valence-corrected chi connectivity index (χ2v) is 4.85. The fourth-order valence-corrected chi connectivity index (χ4v) is 2.18. The molecule has 0 aliphatic heterocycles. The molecule has 124 valence electrons. The van der Waals surface area contributed by atoms with Gasteiger partial charge in [-0.05, 0) is 30.7 Å². The van der Waals surface area contributed by atoms with Crippen LogP contribution in [0.5, 0.6) is 0 Å². The minimum atomic E-state index is -4.10. The lowest BCUT2D eigenvalue weighted by molar-refractivity contribution is 0.0484. The second kappa shape index (κ2) is 6.57. The van der Waals surface area contributed by atoms with Crippen LogP contribution in [0, 0.1) is 0 Å². The predicted octanol–water partition coefficient (Wildman–Crippen LogP) is 4.27. The Bertz CT molecular complexity index is 699. The molecule has 0 aliphatic carbocycles. The zero-order chi connectivity index (χ0) is 17.2. The molecule has 0 radical (unpaired) electrons. The van der Waals surface area contributed by atoms with Crippen LogP contribution in [0.3, 0.4) is 0 Å². The van der Waals surface area contributed by atoms with E-state index in [1.54, 1.807) is 6.07 Å². The zero-order valence-corrected chi connectivity index (χ0v) is 12.5. The maximum atomic E-state index is 13.8. The molecule has 23 heavy (non-hydrogen) atoms. The molecule has 4 nitrogen and oxygen atoms in total. The molecular weight excluding hydrogens is 340 g/mol. The second-order valence-electron chi connectivity index (χ2n) is 4.38. The van der Waals surface area contributed by atoms with Gasteiger partial charge in [-0.2, -0.15) is 13.9 Å². The molecule has 1 heterocycles. The summed E-state index contributed by atoms with van der Waals surface area (Å²) >= 11 is 5.03. The lowest BCUT2D eigenvalue weighted by Crippen LogP contribution is -2.18. The average Bonchev–Trinajstić information content (AvgIpc) is 2.89. The summed E-state index contributed by atoms with van der Waals surface area (Å²) in [7, 11) is 0. The van der Waals surface area contributed by atoms with E-state index in [4.69, 9.17) is 11.6 Å². The Balaban J connectivity index is 2.78. The molecule has 0 saturated carbocycles. The van der Waals surface area contributed by atoms with Gasteiger partial charge in [0.1, 0.15) is 17.0 Å². The van der Waals surface area contributed by atoms with Crippen molar-refractivity contribution < 1.29 is 27.1 Å². The van der Waals surface area contributed by atoms with Crippen molar-refractivity contribution in [3.8, 4) is 5.69 Å². The van der Waals surface area contributed by atoms with Crippen LogP contribution in [0.2, 0.25) is 0 Å². The van der Waals surface area contributed by atoms with Gasteiger partial charge >= 0.3 is 11.4 Å². The number of rotatable bonds is 5. The molecule has 0 saturated heterocycles. The van der Waals surface area contributed by atoms with Gasteiger partial charge in [0.05, 0.1) is 12.3 Å². The number of carbonyl (C=O) groups excluding carboxylic acids is 1. The van der Waals surface area contributed by atoms with E-state index in [0.29, 0.717) is 4.68 Å². The number of para-hydroxylation sites is 1. The summed E-state index contributed by atoms with van der Waals surface area (Å²) in [6, 6.07) is 7.33. The topological polar surface area (TPSA) is 44.1 Å². The summed E-state index contributed by atoms with van der Waals surface area (Å²) in [5, 5.41) is -0.648. The number of hydrogen-bond acceptors (Lipinski definition) is 3. The molecule has 2 aromatic rings. The van der Waals surface area contributed by atoms with Crippen LogP contribution < -0.4 is 0 Å². The fourth-order valence-electron chi connectivity index (χ4n) is 2.01. The number of esters is 1. The summed E-state index contributed by atoms with van der Waals surface area (Å²) in [4.78, 5) is 11.9. The third-order valence-electron chi connectivity index (χ3n) is 2.87. The molecule has 0 amide bonds. The van der Waals surface area contributed by atoms with Crippen LogP contribution in [0.4, 0.5) is 17.6 Å². The zero-order valence-electron chi connectivity index (χ0n) is 11.8. The number of halogens is 5. The highest BCUT2D eigenvalue weighted by atomic mass is 35.5. The van der Waals surface area contributed by atoms with E-state index < -0.39 is 34.7 Å². The van der Waals surface area contributed by atoms with Gasteiger partial charge in [0.25, 0.3) is 6.43 Å². The van der Waals surface area contributed by atoms with Gasteiger partial charge in [0, 0.05) is 0 Å².